The largest absolute Gasteiger partial charge is 0.314 e. The predicted molar refractivity (Wildman–Crippen MR) is 72.6 cm³/mol. The Kier molecular flexibility index (Phi) is 3.89. The molecule has 0 aromatic rings. The highest BCUT2D eigenvalue weighted by Crippen LogP contribution is 2.70. The van der Waals surface area contributed by atoms with Crippen LogP contribution in [0.25, 0.3) is 0 Å². The zero-order valence-corrected chi connectivity index (χ0v) is 12.0. The Morgan fingerprint density at radius 3 is 2.06 bits per heavy atom. The molecule has 1 fully saturated rings. The number of hydrogen-bond donors (Lipinski definition) is 1. The lowest BCUT2D eigenvalue weighted by molar-refractivity contribution is 0.384. The molecule has 0 aliphatic heterocycles. The Labute approximate surface area is 102 Å². The molecule has 0 bridgehead atoms. The van der Waals surface area contributed by atoms with Crippen molar-refractivity contribution in [3.63, 3.8) is 0 Å². The number of rotatable bonds is 6. The van der Waals surface area contributed by atoms with E-state index in [-0.39, 0.29) is 0 Å². The van der Waals surface area contributed by atoms with Crippen molar-refractivity contribution in [3.05, 3.63) is 12.2 Å². The maximum absolute atomic E-state index is 4.01. The molecule has 1 nitrogen and oxygen atoms in total. The van der Waals surface area contributed by atoms with Crippen LogP contribution in [0.1, 0.15) is 54.4 Å². The second-order valence-electron chi connectivity index (χ2n) is 6.58. The third-order valence-corrected chi connectivity index (χ3v) is 4.88. The maximum Gasteiger partial charge on any atom is 0.0109 e. The molecule has 1 aliphatic carbocycles. The molecule has 1 rings (SSSR count). The maximum atomic E-state index is 4.01. The van der Waals surface area contributed by atoms with Gasteiger partial charge in [-0.3, -0.25) is 0 Å². The molecular weight excluding hydrogens is 194 g/mol. The monoisotopic (exact) mass is 223 g/mol. The Hall–Kier alpha value is -0.300. The van der Waals surface area contributed by atoms with Gasteiger partial charge in [0.05, 0.1) is 0 Å². The van der Waals surface area contributed by atoms with Crippen molar-refractivity contribution in [1.29, 1.82) is 0 Å². The van der Waals surface area contributed by atoms with Gasteiger partial charge in [-0.2, -0.15) is 0 Å². The van der Waals surface area contributed by atoms with E-state index in [0.717, 1.165) is 18.9 Å². The minimum absolute atomic E-state index is 0.481. The molecule has 0 aromatic heterocycles. The molecule has 0 amide bonds. The van der Waals surface area contributed by atoms with Crippen molar-refractivity contribution in [2.75, 3.05) is 6.54 Å². The first-order chi connectivity index (χ1) is 7.25. The molecule has 94 valence electrons. The molecule has 1 saturated carbocycles. The first kappa shape index (κ1) is 13.8. The highest BCUT2D eigenvalue weighted by molar-refractivity contribution is 5.16. The number of nitrogens with one attached hydrogen (secondary N) is 1. The minimum atomic E-state index is 0.481. The summed E-state index contributed by atoms with van der Waals surface area (Å²) in [5.74, 6) is 0.805. The van der Waals surface area contributed by atoms with E-state index in [1.54, 1.807) is 0 Å². The first-order valence-corrected chi connectivity index (χ1v) is 6.63. The Morgan fingerprint density at radius 2 is 1.75 bits per heavy atom. The van der Waals surface area contributed by atoms with Crippen molar-refractivity contribution >= 4 is 0 Å². The molecule has 1 N–H and O–H groups in total. The Balaban J connectivity index is 2.62. The lowest BCUT2D eigenvalue weighted by Crippen LogP contribution is -2.33. The zero-order chi connectivity index (χ0) is 12.6. The Bertz CT molecular complexity index is 249. The fourth-order valence-electron chi connectivity index (χ4n) is 3.30. The molecule has 1 aliphatic rings. The van der Waals surface area contributed by atoms with Gasteiger partial charge in [0.1, 0.15) is 0 Å². The van der Waals surface area contributed by atoms with Gasteiger partial charge >= 0.3 is 0 Å². The number of allylic oxidation sites excluding steroid dienone is 1. The topological polar surface area (TPSA) is 12.0 Å². The van der Waals surface area contributed by atoms with Gasteiger partial charge in [-0.05, 0) is 43.1 Å². The van der Waals surface area contributed by atoms with Gasteiger partial charge < -0.3 is 5.32 Å². The van der Waals surface area contributed by atoms with Crippen molar-refractivity contribution in [1.82, 2.24) is 5.32 Å². The molecule has 1 heteroatoms. The summed E-state index contributed by atoms with van der Waals surface area (Å²) in [4.78, 5) is 0. The van der Waals surface area contributed by atoms with E-state index in [0.29, 0.717) is 16.9 Å². The average molecular weight is 223 g/mol. The third-order valence-electron chi connectivity index (χ3n) is 4.88. The van der Waals surface area contributed by atoms with E-state index in [1.165, 1.54) is 12.0 Å². The van der Waals surface area contributed by atoms with Crippen LogP contribution in [-0.2, 0) is 0 Å². The van der Waals surface area contributed by atoms with Gasteiger partial charge in [-0.25, -0.2) is 0 Å². The van der Waals surface area contributed by atoms with Crippen LogP contribution in [0.2, 0.25) is 0 Å². The smallest absolute Gasteiger partial charge is 0.0109 e. The van der Waals surface area contributed by atoms with Gasteiger partial charge in [0.25, 0.3) is 0 Å². The minimum Gasteiger partial charge on any atom is -0.314 e. The van der Waals surface area contributed by atoms with E-state index >= 15 is 0 Å². The average Bonchev–Trinajstić information content (AvgIpc) is 2.52. The van der Waals surface area contributed by atoms with E-state index < -0.39 is 0 Å². The zero-order valence-electron chi connectivity index (χ0n) is 12.0. The lowest BCUT2D eigenvalue weighted by Gasteiger charge is -2.20. The van der Waals surface area contributed by atoms with Gasteiger partial charge in [-0.15, -0.1) is 6.58 Å². The molecule has 0 spiro atoms. The second kappa shape index (κ2) is 4.52. The normalized spacial score (nSPS) is 24.1. The quantitative estimate of drug-likeness (QED) is 0.671. The van der Waals surface area contributed by atoms with Crippen LogP contribution in [0.15, 0.2) is 12.2 Å². The van der Waals surface area contributed by atoms with Crippen LogP contribution in [0, 0.1) is 16.7 Å². The van der Waals surface area contributed by atoms with Gasteiger partial charge in [-0.1, -0.05) is 40.2 Å². The Morgan fingerprint density at radius 1 is 1.25 bits per heavy atom. The predicted octanol–water partition coefficient (Wildman–Crippen LogP) is 4.00. The highest BCUT2D eigenvalue weighted by atomic mass is 15.0. The van der Waals surface area contributed by atoms with Crippen LogP contribution < -0.4 is 5.32 Å². The third kappa shape index (κ3) is 2.34. The molecule has 0 aromatic carbocycles. The second-order valence-corrected chi connectivity index (χ2v) is 6.58. The van der Waals surface area contributed by atoms with Crippen molar-refractivity contribution < 1.29 is 0 Å². The molecule has 1 atom stereocenters. The number of hydrogen-bond acceptors (Lipinski definition) is 1. The molecule has 0 heterocycles. The fourth-order valence-corrected chi connectivity index (χ4v) is 3.30. The summed E-state index contributed by atoms with van der Waals surface area (Å²) in [7, 11) is 0. The summed E-state index contributed by atoms with van der Waals surface area (Å²) in [6.07, 6.45) is 2.39. The van der Waals surface area contributed by atoms with E-state index in [2.05, 4.69) is 53.4 Å². The fraction of sp³-hybridized carbons (Fsp3) is 0.867. The van der Waals surface area contributed by atoms with E-state index in [1.807, 2.05) is 0 Å². The summed E-state index contributed by atoms with van der Waals surface area (Å²) in [6.45, 7) is 19.0. The van der Waals surface area contributed by atoms with Crippen LogP contribution in [0.4, 0.5) is 0 Å². The van der Waals surface area contributed by atoms with Crippen molar-refractivity contribution in [3.8, 4) is 0 Å². The summed E-state index contributed by atoms with van der Waals surface area (Å²) < 4.78 is 0. The van der Waals surface area contributed by atoms with Crippen molar-refractivity contribution in [2.45, 2.75) is 60.4 Å². The van der Waals surface area contributed by atoms with Gasteiger partial charge in [0, 0.05) is 6.04 Å². The van der Waals surface area contributed by atoms with Crippen LogP contribution in [-0.4, -0.2) is 12.6 Å². The lowest BCUT2D eigenvalue weighted by atomic mass is 9.98. The summed E-state index contributed by atoms with van der Waals surface area (Å²) in [5, 5.41) is 3.67. The van der Waals surface area contributed by atoms with Gasteiger partial charge in [0.2, 0.25) is 0 Å². The van der Waals surface area contributed by atoms with Gasteiger partial charge in [0.15, 0.2) is 0 Å². The summed E-state index contributed by atoms with van der Waals surface area (Å²) in [5.41, 5.74) is 2.27. The molecule has 1 unspecified atom stereocenters. The molecule has 16 heavy (non-hydrogen) atoms. The summed E-state index contributed by atoms with van der Waals surface area (Å²) >= 11 is 0. The first-order valence-electron chi connectivity index (χ1n) is 6.63. The molecular formula is C15H29N. The van der Waals surface area contributed by atoms with Crippen LogP contribution in [0.5, 0.6) is 0 Å². The molecule has 0 radical (unpaired) electrons. The highest BCUT2D eigenvalue weighted by Gasteiger charge is 2.66. The van der Waals surface area contributed by atoms with E-state index in [4.69, 9.17) is 0 Å². The van der Waals surface area contributed by atoms with Crippen LogP contribution >= 0.6 is 0 Å². The SMILES string of the molecule is C=C(C)CCC(NCC)C1C(C)(C)C1(C)C. The standard InChI is InChI=1S/C15H29N/c1-8-16-12(10-9-11(2)3)13-14(4,5)15(13,6)7/h12-13,16H,2,8-10H2,1,3-7H3. The van der Waals surface area contributed by atoms with Crippen molar-refractivity contribution in [2.24, 2.45) is 16.7 Å². The van der Waals surface area contributed by atoms with E-state index in [9.17, 15) is 0 Å². The van der Waals surface area contributed by atoms with Crippen LogP contribution in [0.3, 0.4) is 0 Å². The summed E-state index contributed by atoms with van der Waals surface area (Å²) in [6, 6.07) is 0.659. The molecule has 0 saturated heterocycles.